The SMILES string of the molecule is Cc1noc(C)c1[C@@H](C(=O)O)N(C)Cc1nc(-c2ccccn2)no1. The van der Waals surface area contributed by atoms with Crippen LogP contribution in [0.15, 0.2) is 33.4 Å². The normalized spacial score (nSPS) is 12.5. The van der Waals surface area contributed by atoms with Crippen LogP contribution in [0.5, 0.6) is 0 Å². The predicted octanol–water partition coefficient (Wildman–Crippen LogP) is 1.99. The van der Waals surface area contributed by atoms with E-state index in [0.717, 1.165) is 0 Å². The van der Waals surface area contributed by atoms with Crippen molar-refractivity contribution in [1.82, 2.24) is 25.2 Å². The van der Waals surface area contributed by atoms with Gasteiger partial charge in [0.15, 0.2) is 0 Å². The van der Waals surface area contributed by atoms with Crippen molar-refractivity contribution in [2.24, 2.45) is 0 Å². The van der Waals surface area contributed by atoms with Crippen molar-refractivity contribution in [2.75, 3.05) is 7.05 Å². The molecule has 130 valence electrons. The van der Waals surface area contributed by atoms with Gasteiger partial charge in [0.05, 0.1) is 12.2 Å². The number of carboxylic acid groups (broad SMARTS) is 1. The fraction of sp³-hybridized carbons (Fsp3) is 0.312. The van der Waals surface area contributed by atoms with E-state index in [9.17, 15) is 9.90 Å². The topological polar surface area (TPSA) is 118 Å². The first-order valence-corrected chi connectivity index (χ1v) is 7.57. The first-order chi connectivity index (χ1) is 12.0. The minimum atomic E-state index is -1.01. The third kappa shape index (κ3) is 3.41. The number of likely N-dealkylation sites (N-methyl/N-ethyl adjacent to an activating group) is 1. The van der Waals surface area contributed by atoms with Gasteiger partial charge >= 0.3 is 5.97 Å². The van der Waals surface area contributed by atoms with Gasteiger partial charge in [0, 0.05) is 11.8 Å². The van der Waals surface area contributed by atoms with E-state index in [0.29, 0.717) is 34.4 Å². The molecule has 3 rings (SSSR count). The van der Waals surface area contributed by atoms with E-state index in [4.69, 9.17) is 9.05 Å². The summed E-state index contributed by atoms with van der Waals surface area (Å²) >= 11 is 0. The van der Waals surface area contributed by atoms with Crippen molar-refractivity contribution in [2.45, 2.75) is 26.4 Å². The van der Waals surface area contributed by atoms with Gasteiger partial charge in [-0.15, -0.1) is 0 Å². The van der Waals surface area contributed by atoms with E-state index in [-0.39, 0.29) is 6.54 Å². The van der Waals surface area contributed by atoms with Crippen molar-refractivity contribution in [1.29, 1.82) is 0 Å². The van der Waals surface area contributed by atoms with Crippen molar-refractivity contribution >= 4 is 5.97 Å². The summed E-state index contributed by atoms with van der Waals surface area (Å²) in [4.78, 5) is 21.8. The Labute approximate surface area is 143 Å². The zero-order chi connectivity index (χ0) is 18.0. The van der Waals surface area contributed by atoms with E-state index < -0.39 is 12.0 Å². The zero-order valence-corrected chi connectivity index (χ0v) is 14.0. The highest BCUT2D eigenvalue weighted by Gasteiger charge is 2.31. The van der Waals surface area contributed by atoms with Crippen LogP contribution in [0.4, 0.5) is 0 Å². The van der Waals surface area contributed by atoms with Crippen LogP contribution in [0.2, 0.25) is 0 Å². The molecule has 0 aromatic carbocycles. The molecule has 0 spiro atoms. The van der Waals surface area contributed by atoms with E-state index in [1.165, 1.54) is 0 Å². The molecule has 0 radical (unpaired) electrons. The van der Waals surface area contributed by atoms with Gasteiger partial charge in [-0.2, -0.15) is 4.98 Å². The number of rotatable bonds is 6. The first-order valence-electron chi connectivity index (χ1n) is 7.57. The quantitative estimate of drug-likeness (QED) is 0.716. The fourth-order valence-electron chi connectivity index (χ4n) is 2.64. The van der Waals surface area contributed by atoms with Gasteiger partial charge in [-0.1, -0.05) is 16.4 Å². The number of aromatic nitrogens is 4. The van der Waals surface area contributed by atoms with Crippen LogP contribution in [0.3, 0.4) is 0 Å². The average molecular weight is 343 g/mol. The van der Waals surface area contributed by atoms with E-state index in [1.54, 1.807) is 44.1 Å². The van der Waals surface area contributed by atoms with Gasteiger partial charge in [0.25, 0.3) is 0 Å². The minimum Gasteiger partial charge on any atom is -0.480 e. The van der Waals surface area contributed by atoms with Crippen molar-refractivity contribution < 1.29 is 18.9 Å². The number of aryl methyl sites for hydroxylation is 2. The lowest BCUT2D eigenvalue weighted by atomic mass is 10.0. The van der Waals surface area contributed by atoms with Crippen LogP contribution in [0.25, 0.3) is 11.5 Å². The largest absolute Gasteiger partial charge is 0.480 e. The number of nitrogens with zero attached hydrogens (tertiary/aromatic N) is 5. The Bertz CT molecular complexity index is 854. The van der Waals surface area contributed by atoms with E-state index in [1.807, 2.05) is 6.07 Å². The molecule has 0 aliphatic heterocycles. The summed E-state index contributed by atoms with van der Waals surface area (Å²) in [6, 6.07) is 4.45. The second-order valence-electron chi connectivity index (χ2n) is 5.62. The lowest BCUT2D eigenvalue weighted by Gasteiger charge is -2.22. The Kier molecular flexibility index (Phi) is 4.57. The molecule has 0 unspecified atom stereocenters. The van der Waals surface area contributed by atoms with Gasteiger partial charge in [-0.25, -0.2) is 0 Å². The highest BCUT2D eigenvalue weighted by Crippen LogP contribution is 2.27. The van der Waals surface area contributed by atoms with Crippen LogP contribution in [-0.4, -0.2) is 43.3 Å². The summed E-state index contributed by atoms with van der Waals surface area (Å²) in [7, 11) is 1.66. The molecule has 3 heterocycles. The molecular weight excluding hydrogens is 326 g/mol. The molecular formula is C16H17N5O4. The van der Waals surface area contributed by atoms with Crippen molar-refractivity contribution in [3.63, 3.8) is 0 Å². The smallest absolute Gasteiger partial charge is 0.325 e. The maximum Gasteiger partial charge on any atom is 0.325 e. The van der Waals surface area contributed by atoms with Gasteiger partial charge in [0.1, 0.15) is 17.5 Å². The number of carboxylic acids is 1. The molecule has 0 amide bonds. The molecule has 3 aromatic rings. The molecule has 0 aliphatic carbocycles. The predicted molar refractivity (Wildman–Crippen MR) is 85.3 cm³/mol. The monoisotopic (exact) mass is 343 g/mol. The number of hydrogen-bond acceptors (Lipinski definition) is 8. The van der Waals surface area contributed by atoms with Crippen LogP contribution in [0.1, 0.15) is 29.0 Å². The molecule has 0 aliphatic rings. The molecule has 0 saturated heterocycles. The molecule has 9 nitrogen and oxygen atoms in total. The van der Waals surface area contributed by atoms with E-state index in [2.05, 4.69) is 20.3 Å². The van der Waals surface area contributed by atoms with Crippen LogP contribution < -0.4 is 0 Å². The average Bonchev–Trinajstić information content (AvgIpc) is 3.17. The third-order valence-corrected chi connectivity index (χ3v) is 3.78. The number of aliphatic carboxylic acids is 1. The first kappa shape index (κ1) is 16.8. The third-order valence-electron chi connectivity index (χ3n) is 3.78. The second-order valence-corrected chi connectivity index (χ2v) is 5.62. The molecule has 0 fully saturated rings. The highest BCUT2D eigenvalue weighted by molar-refractivity contribution is 5.76. The molecule has 25 heavy (non-hydrogen) atoms. The summed E-state index contributed by atoms with van der Waals surface area (Å²) in [5.41, 5.74) is 1.65. The Morgan fingerprint density at radius 2 is 2.08 bits per heavy atom. The summed E-state index contributed by atoms with van der Waals surface area (Å²) in [5, 5.41) is 17.4. The highest BCUT2D eigenvalue weighted by atomic mass is 16.5. The molecule has 0 saturated carbocycles. The zero-order valence-electron chi connectivity index (χ0n) is 14.0. The molecule has 1 atom stereocenters. The maximum atomic E-state index is 11.8. The lowest BCUT2D eigenvalue weighted by Crippen LogP contribution is -2.31. The minimum absolute atomic E-state index is 0.154. The second kappa shape index (κ2) is 6.81. The number of carbonyl (C=O) groups is 1. The Balaban J connectivity index is 1.82. The fourth-order valence-corrected chi connectivity index (χ4v) is 2.64. The van der Waals surface area contributed by atoms with E-state index >= 15 is 0 Å². The van der Waals surface area contributed by atoms with Crippen LogP contribution in [0, 0.1) is 13.8 Å². The number of pyridine rings is 1. The van der Waals surface area contributed by atoms with Gasteiger partial charge in [-0.05, 0) is 33.0 Å². The van der Waals surface area contributed by atoms with Gasteiger partial charge in [0.2, 0.25) is 11.7 Å². The maximum absolute atomic E-state index is 11.8. The van der Waals surface area contributed by atoms with Crippen molar-refractivity contribution in [3.05, 3.63) is 47.3 Å². The molecule has 0 bridgehead atoms. The van der Waals surface area contributed by atoms with Crippen molar-refractivity contribution in [3.8, 4) is 11.5 Å². The summed E-state index contributed by atoms with van der Waals surface area (Å²) < 4.78 is 10.3. The van der Waals surface area contributed by atoms with Gasteiger partial charge in [-0.3, -0.25) is 14.7 Å². The molecule has 3 aromatic heterocycles. The van der Waals surface area contributed by atoms with Crippen LogP contribution in [-0.2, 0) is 11.3 Å². The van der Waals surface area contributed by atoms with Crippen LogP contribution >= 0.6 is 0 Å². The standard InChI is InChI=1S/C16H17N5O4/c1-9-13(10(2)24-19-9)14(16(22)23)21(3)8-12-18-15(20-25-12)11-6-4-5-7-17-11/h4-7,14H,8H2,1-3H3,(H,22,23)/t14-/m0/s1. The van der Waals surface area contributed by atoms with Gasteiger partial charge < -0.3 is 14.2 Å². The Morgan fingerprint density at radius 3 is 2.68 bits per heavy atom. The molecule has 1 N–H and O–H groups in total. The summed E-state index contributed by atoms with van der Waals surface area (Å²) in [6.45, 7) is 3.55. The lowest BCUT2D eigenvalue weighted by molar-refractivity contribution is -0.143. The Hall–Kier alpha value is -3.07. The summed E-state index contributed by atoms with van der Waals surface area (Å²) in [5.74, 6) is 0.104. The molecule has 9 heteroatoms. The number of hydrogen-bond donors (Lipinski definition) is 1. The Morgan fingerprint density at radius 1 is 1.28 bits per heavy atom. The summed E-state index contributed by atoms with van der Waals surface area (Å²) in [6.07, 6.45) is 1.63.